The van der Waals surface area contributed by atoms with Crippen molar-refractivity contribution in [3.8, 4) is 11.5 Å². The highest BCUT2D eigenvalue weighted by molar-refractivity contribution is 5.45. The van der Waals surface area contributed by atoms with Crippen LogP contribution in [0.25, 0.3) is 0 Å². The van der Waals surface area contributed by atoms with Crippen molar-refractivity contribution in [1.29, 1.82) is 0 Å². The molecule has 0 aromatic heterocycles. The van der Waals surface area contributed by atoms with E-state index in [-0.39, 0.29) is 6.10 Å². The van der Waals surface area contributed by atoms with Crippen molar-refractivity contribution in [1.82, 2.24) is 5.32 Å². The van der Waals surface area contributed by atoms with Gasteiger partial charge in [0.15, 0.2) is 0 Å². The van der Waals surface area contributed by atoms with Crippen LogP contribution in [0.1, 0.15) is 32.3 Å². The van der Waals surface area contributed by atoms with Gasteiger partial charge in [-0.05, 0) is 51.8 Å². The molecule has 0 amide bonds. The Morgan fingerprint density at radius 1 is 1.33 bits per heavy atom. The van der Waals surface area contributed by atoms with Crippen LogP contribution in [0, 0.1) is 0 Å². The van der Waals surface area contributed by atoms with Crippen molar-refractivity contribution in [3.05, 3.63) is 23.8 Å². The fourth-order valence-electron chi connectivity index (χ4n) is 2.48. The van der Waals surface area contributed by atoms with E-state index in [0.717, 1.165) is 24.5 Å². The second kappa shape index (κ2) is 6.10. The van der Waals surface area contributed by atoms with Gasteiger partial charge in [0.05, 0.1) is 13.2 Å². The molecule has 0 bridgehead atoms. The van der Waals surface area contributed by atoms with Gasteiger partial charge in [0.2, 0.25) is 0 Å². The van der Waals surface area contributed by atoms with Crippen molar-refractivity contribution in [2.45, 2.75) is 45.3 Å². The molecule has 1 fully saturated rings. The molecule has 1 heterocycles. The Morgan fingerprint density at radius 3 is 2.72 bits per heavy atom. The van der Waals surface area contributed by atoms with Crippen LogP contribution in [-0.4, -0.2) is 25.8 Å². The first-order valence-electron chi connectivity index (χ1n) is 6.76. The van der Waals surface area contributed by atoms with Crippen LogP contribution in [0.2, 0.25) is 0 Å². The lowest BCUT2D eigenvalue weighted by Gasteiger charge is -2.19. The van der Waals surface area contributed by atoms with Gasteiger partial charge in [-0.3, -0.25) is 0 Å². The van der Waals surface area contributed by atoms with E-state index in [4.69, 9.17) is 9.47 Å². The number of methoxy groups -OCH3 is 1. The van der Waals surface area contributed by atoms with E-state index in [1.807, 2.05) is 18.2 Å². The van der Waals surface area contributed by atoms with E-state index in [1.54, 1.807) is 7.11 Å². The SMILES string of the molecule is COc1cccc(OC(C)C)c1CC1CCCN1. The van der Waals surface area contributed by atoms with Gasteiger partial charge in [0.25, 0.3) is 0 Å². The fraction of sp³-hybridized carbons (Fsp3) is 0.600. The molecular formula is C15H23NO2. The van der Waals surface area contributed by atoms with Gasteiger partial charge in [-0.25, -0.2) is 0 Å². The van der Waals surface area contributed by atoms with Gasteiger partial charge in [0, 0.05) is 11.6 Å². The first-order chi connectivity index (χ1) is 8.70. The summed E-state index contributed by atoms with van der Waals surface area (Å²) in [4.78, 5) is 0. The minimum absolute atomic E-state index is 0.187. The lowest BCUT2D eigenvalue weighted by Crippen LogP contribution is -2.24. The molecule has 0 radical (unpaired) electrons. The van der Waals surface area contributed by atoms with E-state index in [9.17, 15) is 0 Å². The summed E-state index contributed by atoms with van der Waals surface area (Å²) in [5, 5.41) is 3.53. The molecule has 1 saturated heterocycles. The predicted molar refractivity (Wildman–Crippen MR) is 73.5 cm³/mol. The molecule has 1 aliphatic rings. The molecule has 3 nitrogen and oxygen atoms in total. The van der Waals surface area contributed by atoms with Crippen molar-refractivity contribution in [2.75, 3.05) is 13.7 Å². The molecule has 3 heteroatoms. The molecule has 1 aliphatic heterocycles. The first kappa shape index (κ1) is 13.2. The summed E-state index contributed by atoms with van der Waals surface area (Å²) < 4.78 is 11.4. The Balaban J connectivity index is 2.22. The monoisotopic (exact) mass is 249 g/mol. The molecule has 1 aromatic carbocycles. The highest BCUT2D eigenvalue weighted by Crippen LogP contribution is 2.31. The zero-order valence-electron chi connectivity index (χ0n) is 11.5. The van der Waals surface area contributed by atoms with Crippen LogP contribution < -0.4 is 14.8 Å². The summed E-state index contributed by atoms with van der Waals surface area (Å²) in [6, 6.07) is 6.59. The predicted octanol–water partition coefficient (Wildman–Crippen LogP) is 2.78. The maximum atomic E-state index is 5.89. The normalized spacial score (nSPS) is 19.2. The highest BCUT2D eigenvalue weighted by Gasteiger charge is 2.19. The summed E-state index contributed by atoms with van der Waals surface area (Å²) in [7, 11) is 1.72. The van der Waals surface area contributed by atoms with Crippen LogP contribution in [0.15, 0.2) is 18.2 Å². The number of rotatable bonds is 5. The van der Waals surface area contributed by atoms with Gasteiger partial charge in [-0.1, -0.05) is 6.07 Å². The van der Waals surface area contributed by atoms with Crippen molar-refractivity contribution >= 4 is 0 Å². The molecule has 0 saturated carbocycles. The minimum atomic E-state index is 0.187. The lowest BCUT2D eigenvalue weighted by molar-refractivity contribution is 0.237. The maximum absolute atomic E-state index is 5.89. The molecule has 1 unspecified atom stereocenters. The number of nitrogens with one attached hydrogen (secondary N) is 1. The molecule has 1 N–H and O–H groups in total. The topological polar surface area (TPSA) is 30.5 Å². The summed E-state index contributed by atoms with van der Waals surface area (Å²) in [6.07, 6.45) is 3.67. The molecule has 0 spiro atoms. The molecule has 100 valence electrons. The average Bonchev–Trinajstić information content (AvgIpc) is 2.83. The molecule has 2 rings (SSSR count). The Kier molecular flexibility index (Phi) is 4.48. The summed E-state index contributed by atoms with van der Waals surface area (Å²) in [5.74, 6) is 1.89. The largest absolute Gasteiger partial charge is 0.496 e. The smallest absolute Gasteiger partial charge is 0.126 e. The molecule has 1 aromatic rings. The third-order valence-electron chi connectivity index (χ3n) is 3.29. The van der Waals surface area contributed by atoms with Gasteiger partial charge in [0.1, 0.15) is 11.5 Å². The third kappa shape index (κ3) is 3.16. The van der Waals surface area contributed by atoms with Crippen molar-refractivity contribution < 1.29 is 9.47 Å². The minimum Gasteiger partial charge on any atom is -0.496 e. The molecular weight excluding hydrogens is 226 g/mol. The van der Waals surface area contributed by atoms with Crippen LogP contribution in [0.4, 0.5) is 0 Å². The maximum Gasteiger partial charge on any atom is 0.126 e. The van der Waals surface area contributed by atoms with E-state index in [1.165, 1.54) is 18.4 Å². The highest BCUT2D eigenvalue weighted by atomic mass is 16.5. The van der Waals surface area contributed by atoms with Gasteiger partial charge >= 0.3 is 0 Å². The van der Waals surface area contributed by atoms with Gasteiger partial charge in [-0.2, -0.15) is 0 Å². The van der Waals surface area contributed by atoms with Crippen LogP contribution in [0.5, 0.6) is 11.5 Å². The van der Waals surface area contributed by atoms with E-state index >= 15 is 0 Å². The van der Waals surface area contributed by atoms with E-state index in [0.29, 0.717) is 6.04 Å². The Bertz CT molecular complexity index is 384. The third-order valence-corrected chi connectivity index (χ3v) is 3.29. The average molecular weight is 249 g/mol. The lowest BCUT2D eigenvalue weighted by atomic mass is 10.0. The molecule has 0 aliphatic carbocycles. The van der Waals surface area contributed by atoms with E-state index < -0.39 is 0 Å². The summed E-state index contributed by atoms with van der Waals surface area (Å²) >= 11 is 0. The second-order valence-electron chi connectivity index (χ2n) is 5.10. The Hall–Kier alpha value is -1.22. The Morgan fingerprint density at radius 2 is 2.11 bits per heavy atom. The number of hydrogen-bond acceptors (Lipinski definition) is 3. The van der Waals surface area contributed by atoms with E-state index in [2.05, 4.69) is 19.2 Å². The number of hydrogen-bond donors (Lipinski definition) is 1. The standard InChI is InChI=1S/C15H23NO2/c1-11(2)18-15-8-4-7-14(17-3)13(15)10-12-6-5-9-16-12/h4,7-8,11-12,16H,5-6,9-10H2,1-3H3. The zero-order chi connectivity index (χ0) is 13.0. The summed E-state index contributed by atoms with van der Waals surface area (Å²) in [5.41, 5.74) is 1.19. The van der Waals surface area contributed by atoms with Crippen LogP contribution in [-0.2, 0) is 6.42 Å². The second-order valence-corrected chi connectivity index (χ2v) is 5.10. The van der Waals surface area contributed by atoms with Gasteiger partial charge in [-0.15, -0.1) is 0 Å². The van der Waals surface area contributed by atoms with Crippen molar-refractivity contribution in [2.24, 2.45) is 0 Å². The zero-order valence-corrected chi connectivity index (χ0v) is 11.5. The van der Waals surface area contributed by atoms with Gasteiger partial charge < -0.3 is 14.8 Å². The quantitative estimate of drug-likeness (QED) is 0.870. The Labute approximate surface area is 109 Å². The van der Waals surface area contributed by atoms with Crippen molar-refractivity contribution in [3.63, 3.8) is 0 Å². The first-order valence-corrected chi connectivity index (χ1v) is 6.76. The van der Waals surface area contributed by atoms with Crippen LogP contribution >= 0.6 is 0 Å². The van der Waals surface area contributed by atoms with Crippen LogP contribution in [0.3, 0.4) is 0 Å². The molecule has 18 heavy (non-hydrogen) atoms. The molecule has 1 atom stereocenters. The fourth-order valence-corrected chi connectivity index (χ4v) is 2.48. The number of ether oxygens (including phenoxy) is 2. The number of benzene rings is 1. The summed E-state index contributed by atoms with van der Waals surface area (Å²) in [6.45, 7) is 5.23.